The van der Waals surface area contributed by atoms with Crippen molar-refractivity contribution in [2.45, 2.75) is 49.9 Å². The Hall–Kier alpha value is -1.88. The van der Waals surface area contributed by atoms with Crippen LogP contribution >= 0.6 is 0 Å². The summed E-state index contributed by atoms with van der Waals surface area (Å²) in [5.74, 6) is -1.90. The molecule has 1 N–H and O–H groups in total. The Morgan fingerprint density at radius 2 is 2.35 bits per heavy atom. The highest BCUT2D eigenvalue weighted by molar-refractivity contribution is 6.04. The molecule has 1 aromatic carbocycles. The maximum absolute atomic E-state index is 13.7. The first kappa shape index (κ1) is 4.02. The molecule has 2 aliphatic rings. The van der Waals surface area contributed by atoms with Gasteiger partial charge in [-0.05, 0) is 38.5 Å². The van der Waals surface area contributed by atoms with Crippen molar-refractivity contribution in [3.63, 3.8) is 0 Å². The van der Waals surface area contributed by atoms with E-state index in [9.17, 15) is 4.79 Å². The fourth-order valence-electron chi connectivity index (χ4n) is 2.14. The fraction of sp³-hybridized carbons (Fsp3) is 0.556. The summed E-state index contributed by atoms with van der Waals surface area (Å²) >= 11 is 0. The van der Waals surface area contributed by atoms with E-state index in [0.717, 1.165) is 0 Å². The first-order valence-electron chi connectivity index (χ1n) is 17.4. The molecule has 1 amide bonds. The van der Waals surface area contributed by atoms with Crippen LogP contribution in [0.5, 0.6) is 0 Å². The molecule has 5 heteroatoms. The molecule has 2 aliphatic heterocycles. The van der Waals surface area contributed by atoms with Crippen LogP contribution in [0, 0.1) is 0 Å². The van der Waals surface area contributed by atoms with E-state index in [1.165, 1.54) is 5.32 Å². The minimum atomic E-state index is -4.29. The summed E-state index contributed by atoms with van der Waals surface area (Å²) in [5, 5.41) is 4.20. The number of para-hydroxylation sites is 1. The lowest BCUT2D eigenvalue weighted by atomic mass is 9.82. The topological polar surface area (TPSA) is 50.2 Å². The number of rotatable bonds is 2. The van der Waals surface area contributed by atoms with Crippen LogP contribution in [-0.2, 0) is 6.98 Å². The molecular weight excluding hydrogens is 288 g/mol. The zero-order valence-corrected chi connectivity index (χ0v) is 11.3. The van der Waals surface area contributed by atoms with E-state index in [2.05, 4.69) is 5.10 Å². The molecule has 2 saturated heterocycles. The average Bonchev–Trinajstić information content (AvgIpc) is 3.27. The third-order valence-corrected chi connectivity index (χ3v) is 3.18. The summed E-state index contributed by atoms with van der Waals surface area (Å²) in [6, 6.07) is -15.3. The summed E-state index contributed by atoms with van der Waals surface area (Å²) in [6.45, 7) is -7.19. The molecule has 2 bridgehead atoms. The van der Waals surface area contributed by atoms with Crippen LogP contribution in [0.2, 0.25) is 0 Å². The quantitative estimate of drug-likeness (QED) is 0.917. The Bertz CT molecular complexity index is 1610. The number of fused-ring (bicyclic) bond motifs is 3. The first-order chi connectivity index (χ1) is 19.7. The van der Waals surface area contributed by atoms with E-state index in [4.69, 9.17) is 30.2 Å². The molecule has 0 saturated carbocycles. The van der Waals surface area contributed by atoms with Gasteiger partial charge in [-0.1, -0.05) is 24.5 Å². The number of hydrogen-bond donors (Lipinski definition) is 1. The number of amides is 1. The first-order valence-corrected chi connectivity index (χ1v) is 6.36. The maximum atomic E-state index is 13.7. The minimum absolute atomic E-state index is 0.0543. The number of carbonyl (C=O) groups is 1. The summed E-state index contributed by atoms with van der Waals surface area (Å²) in [4.78, 5) is 13.2. The Kier molecular flexibility index (Phi) is 0.985. The number of carbonyl (C=O) groups excluding carboxylic acids is 1. The monoisotopic (exact) mass is 334 g/mol. The SMILES string of the molecule is [2H]c1c([2H])c([2H])c2c(c(C(=O)NC3([2H])C([2H])([2H])[C@@H]4N(C([2H])([2H])[2H])[C@]([2H])(C([2H])([2H])C([2H])([2H])C4([2H])[2H])C3([2H])[2H])nn2C([2H])([2H])[2H])c1[2H]. The van der Waals surface area contributed by atoms with Crippen molar-refractivity contribution in [1.82, 2.24) is 20.0 Å². The molecule has 2 aromatic rings. The minimum Gasteiger partial charge on any atom is -0.348 e. The zero-order chi connectivity index (χ0) is 35.3. The van der Waals surface area contributed by atoms with Gasteiger partial charge < -0.3 is 10.2 Å². The molecule has 2 fully saturated rings. The number of aromatic nitrogens is 2. The summed E-state index contributed by atoms with van der Waals surface area (Å²) in [5.41, 5.74) is -2.06. The van der Waals surface area contributed by atoms with E-state index in [0.29, 0.717) is 0 Å². The summed E-state index contributed by atoms with van der Waals surface area (Å²) in [7, 11) is 0. The van der Waals surface area contributed by atoms with Crippen molar-refractivity contribution in [2.24, 2.45) is 6.98 Å². The van der Waals surface area contributed by atoms with Gasteiger partial charge in [-0.15, -0.1) is 0 Å². The van der Waals surface area contributed by atoms with Gasteiger partial charge in [-0.3, -0.25) is 9.48 Å². The molecule has 23 heavy (non-hydrogen) atoms. The molecule has 4 rings (SSSR count). The van der Waals surface area contributed by atoms with Crippen LogP contribution in [0.15, 0.2) is 24.2 Å². The highest BCUT2D eigenvalue weighted by Crippen LogP contribution is 2.32. The second kappa shape index (κ2) is 5.64. The third-order valence-electron chi connectivity index (χ3n) is 3.18. The van der Waals surface area contributed by atoms with E-state index in [1.54, 1.807) is 0 Å². The molecule has 1 unspecified atom stereocenters. The number of piperidine rings is 2. The average molecular weight is 335 g/mol. The van der Waals surface area contributed by atoms with Gasteiger partial charge in [0.25, 0.3) is 5.91 Å². The second-order valence-corrected chi connectivity index (χ2v) is 4.60. The van der Waals surface area contributed by atoms with Crippen LogP contribution < -0.4 is 5.32 Å². The summed E-state index contributed by atoms with van der Waals surface area (Å²) in [6.07, 6.45) is -20.4. The van der Waals surface area contributed by atoms with Gasteiger partial charge in [-0.25, -0.2) is 0 Å². The van der Waals surface area contributed by atoms with Crippen molar-refractivity contribution in [2.75, 3.05) is 6.98 Å². The third kappa shape index (κ3) is 2.53. The Balaban J connectivity index is 2.07. The molecular formula is C18H24N4O. The van der Waals surface area contributed by atoms with E-state index in [1.807, 2.05) is 0 Å². The highest BCUT2D eigenvalue weighted by Gasteiger charge is 2.36. The lowest BCUT2D eigenvalue weighted by Crippen LogP contribution is -2.55. The van der Waals surface area contributed by atoms with E-state index in [-0.39, 0.29) is 4.68 Å². The number of aryl methyl sites for hydroxylation is 1. The van der Waals surface area contributed by atoms with Crippen LogP contribution in [0.25, 0.3) is 10.9 Å². The Labute approximate surface area is 167 Å². The van der Waals surface area contributed by atoms with Crippen LogP contribution in [0.3, 0.4) is 0 Å². The molecule has 122 valence electrons. The lowest BCUT2D eigenvalue weighted by molar-refractivity contribution is 0.0462. The zero-order valence-electron chi connectivity index (χ0n) is 33.3. The van der Waals surface area contributed by atoms with Gasteiger partial charge in [0.05, 0.1) is 12.4 Å². The van der Waals surface area contributed by atoms with Crippen molar-refractivity contribution in [1.29, 1.82) is 0 Å². The highest BCUT2D eigenvalue weighted by atomic mass is 16.2. The predicted molar refractivity (Wildman–Crippen MR) is 90.4 cm³/mol. The van der Waals surface area contributed by atoms with Crippen molar-refractivity contribution in [3.05, 3.63) is 29.9 Å². The molecule has 3 atom stereocenters. The van der Waals surface area contributed by atoms with Gasteiger partial charge >= 0.3 is 0 Å². The fourth-order valence-corrected chi connectivity index (χ4v) is 2.14. The lowest BCUT2D eigenvalue weighted by Gasteiger charge is -2.47. The van der Waals surface area contributed by atoms with Gasteiger partial charge in [0.2, 0.25) is 0 Å². The van der Waals surface area contributed by atoms with Crippen LogP contribution in [0.4, 0.5) is 0 Å². The molecule has 0 radical (unpaired) electrons. The van der Waals surface area contributed by atoms with Gasteiger partial charge in [0.1, 0.15) is 0 Å². The largest absolute Gasteiger partial charge is 0.348 e. The number of nitrogens with zero attached hydrogens (tertiary/aromatic N) is 3. The Morgan fingerprint density at radius 1 is 1.43 bits per heavy atom. The molecule has 0 aliphatic carbocycles. The van der Waals surface area contributed by atoms with Gasteiger partial charge in [0, 0.05) is 53.7 Å². The molecule has 1 aromatic heterocycles. The van der Waals surface area contributed by atoms with E-state index < -0.39 is 115 Å². The molecule has 3 heterocycles. The van der Waals surface area contributed by atoms with Crippen LogP contribution in [-0.4, -0.2) is 45.6 Å². The number of benzene rings is 1. The van der Waals surface area contributed by atoms with Gasteiger partial charge in [-0.2, -0.15) is 5.10 Å². The maximum Gasteiger partial charge on any atom is 0.272 e. The molecule has 0 spiro atoms. The number of nitrogens with one attached hydrogen (secondary N) is 1. The Morgan fingerprint density at radius 3 is 3.22 bits per heavy atom. The normalized spacial score (nSPS) is 60.4. The molecule has 5 nitrogen and oxygen atoms in total. The van der Waals surface area contributed by atoms with Crippen molar-refractivity contribution in [3.8, 4) is 0 Å². The van der Waals surface area contributed by atoms with Crippen molar-refractivity contribution >= 4 is 16.8 Å². The van der Waals surface area contributed by atoms with E-state index >= 15 is 0 Å². The van der Waals surface area contributed by atoms with Crippen molar-refractivity contribution < 1.29 is 35.0 Å². The number of hydrogen-bond acceptors (Lipinski definition) is 3. The second-order valence-electron chi connectivity index (χ2n) is 4.60. The summed E-state index contributed by atoms with van der Waals surface area (Å²) < 4.78 is 182. The smallest absolute Gasteiger partial charge is 0.272 e. The standard InChI is InChI=1S/C18H24N4O/c1-21-13-6-5-7-14(21)11-12(10-13)19-18(23)17-15-8-3-4-9-16(15)22(2)20-17/h3-4,8-9,12-14H,5-7,10-11H2,1-2H3,(H,19,23)/t13-,14-/m1/s1/i1D3,2D3,3D,4D,5D2,6D2,7D2,8D,9D,10D2,11D2,12D,13D/t12?,13-,14-. The van der Waals surface area contributed by atoms with Crippen LogP contribution in [0.1, 0.15) is 72.5 Å². The van der Waals surface area contributed by atoms with Gasteiger partial charge in [0.15, 0.2) is 5.69 Å². The predicted octanol–water partition coefficient (Wildman–Crippen LogP) is 2.32.